The Kier molecular flexibility index (Phi) is 8.67. The molecule has 0 unspecified atom stereocenters. The quantitative estimate of drug-likeness (QED) is 0.383. The van der Waals surface area contributed by atoms with Crippen molar-refractivity contribution in [2.75, 3.05) is 50.6 Å². The van der Waals surface area contributed by atoms with E-state index in [1.54, 1.807) is 12.1 Å². The lowest BCUT2D eigenvalue weighted by molar-refractivity contribution is 0.0730. The molecule has 3 aromatic rings. The first-order valence-electron chi connectivity index (χ1n) is 11.6. The molecule has 0 saturated carbocycles. The third-order valence-corrected chi connectivity index (χ3v) is 9.47. The summed E-state index contributed by atoms with van der Waals surface area (Å²) in [5, 5.41) is 2.67. The van der Waals surface area contributed by atoms with E-state index in [1.165, 1.54) is 67.1 Å². The van der Waals surface area contributed by atoms with E-state index in [0.29, 0.717) is 11.5 Å². The number of benzene rings is 3. The van der Waals surface area contributed by atoms with Crippen LogP contribution in [-0.2, 0) is 24.8 Å². The highest BCUT2D eigenvalue weighted by Crippen LogP contribution is 2.31. The Morgan fingerprint density at radius 1 is 0.897 bits per heavy atom. The van der Waals surface area contributed by atoms with Crippen molar-refractivity contribution in [1.29, 1.82) is 0 Å². The summed E-state index contributed by atoms with van der Waals surface area (Å²) in [6.45, 7) is 0.991. The average molecular weight is 596 g/mol. The lowest BCUT2D eigenvalue weighted by Crippen LogP contribution is -2.40. The summed E-state index contributed by atoms with van der Waals surface area (Å²) in [5.41, 5.74) is 0.417. The van der Waals surface area contributed by atoms with Gasteiger partial charge in [0, 0.05) is 24.8 Å². The molecule has 1 saturated heterocycles. The van der Waals surface area contributed by atoms with Gasteiger partial charge in [-0.2, -0.15) is 4.31 Å². The van der Waals surface area contributed by atoms with Crippen LogP contribution in [0, 0.1) is 0 Å². The van der Waals surface area contributed by atoms with E-state index in [2.05, 4.69) is 10.0 Å². The minimum Gasteiger partial charge on any atom is -0.497 e. The number of amides is 1. The Morgan fingerprint density at radius 3 is 2.21 bits per heavy atom. The first-order chi connectivity index (χ1) is 18.5. The smallest absolute Gasteiger partial charge is 0.262 e. The monoisotopic (exact) mass is 595 g/mol. The number of hydrogen-bond donors (Lipinski definition) is 2. The van der Waals surface area contributed by atoms with Gasteiger partial charge >= 0.3 is 0 Å². The van der Waals surface area contributed by atoms with Crippen LogP contribution >= 0.6 is 11.6 Å². The van der Waals surface area contributed by atoms with Crippen LogP contribution < -0.4 is 19.5 Å². The molecule has 1 amide bonds. The summed E-state index contributed by atoms with van der Waals surface area (Å²) in [4.78, 5) is 12.8. The van der Waals surface area contributed by atoms with Gasteiger partial charge in [0.05, 0.1) is 53.5 Å². The second-order valence-corrected chi connectivity index (χ2v) is 12.3. The summed E-state index contributed by atoms with van der Waals surface area (Å²) in [7, 11) is -4.98. The predicted octanol–water partition coefficient (Wildman–Crippen LogP) is 3.43. The van der Waals surface area contributed by atoms with Gasteiger partial charge in [-0.3, -0.25) is 9.52 Å². The Hall–Kier alpha value is -3.36. The fraction of sp³-hybridized carbons (Fsp3) is 0.240. The second-order valence-electron chi connectivity index (χ2n) is 8.31. The van der Waals surface area contributed by atoms with E-state index in [0.717, 1.165) is 0 Å². The van der Waals surface area contributed by atoms with Crippen molar-refractivity contribution < 1.29 is 35.8 Å². The number of carbonyl (C=O) groups is 1. The molecular formula is C25H26ClN3O8S2. The molecule has 3 aromatic carbocycles. The standard InChI is InChI=1S/C25H26ClN3O8S2/c1-35-18-5-10-24(36-2)23(15-18)28-38(31,32)19-6-3-17(4-7-19)27-25(30)21-16-20(8-9-22(21)26)39(33,34)29-11-13-37-14-12-29/h3-10,15-16,28H,11-14H2,1-2H3,(H,27,30). The Labute approximate surface area is 231 Å². The number of rotatable bonds is 9. The zero-order valence-electron chi connectivity index (χ0n) is 21.0. The predicted molar refractivity (Wildman–Crippen MR) is 146 cm³/mol. The maximum Gasteiger partial charge on any atom is 0.262 e. The summed E-state index contributed by atoms with van der Waals surface area (Å²) >= 11 is 6.21. The molecule has 1 heterocycles. The minimum absolute atomic E-state index is 0.0468. The number of nitrogens with zero attached hydrogens (tertiary/aromatic N) is 1. The lowest BCUT2D eigenvalue weighted by atomic mass is 10.2. The van der Waals surface area contributed by atoms with Gasteiger partial charge in [0.1, 0.15) is 11.5 Å². The van der Waals surface area contributed by atoms with Crippen LogP contribution in [-0.4, -0.2) is 67.6 Å². The maximum absolute atomic E-state index is 13.0. The molecule has 11 nitrogen and oxygen atoms in total. The Balaban J connectivity index is 1.51. The van der Waals surface area contributed by atoms with Crippen molar-refractivity contribution >= 4 is 48.9 Å². The van der Waals surface area contributed by atoms with Crippen LogP contribution in [0.4, 0.5) is 11.4 Å². The molecular weight excluding hydrogens is 570 g/mol. The number of ether oxygens (including phenoxy) is 3. The van der Waals surface area contributed by atoms with E-state index >= 15 is 0 Å². The molecule has 1 aliphatic heterocycles. The number of anilines is 2. The van der Waals surface area contributed by atoms with E-state index in [4.69, 9.17) is 25.8 Å². The van der Waals surface area contributed by atoms with Crippen molar-refractivity contribution in [2.24, 2.45) is 0 Å². The molecule has 14 heteroatoms. The fourth-order valence-corrected chi connectivity index (χ4v) is 6.49. The van der Waals surface area contributed by atoms with Crippen molar-refractivity contribution in [1.82, 2.24) is 4.31 Å². The van der Waals surface area contributed by atoms with Gasteiger partial charge in [0.25, 0.3) is 15.9 Å². The Bertz CT molecular complexity index is 1570. The normalized spacial score (nSPS) is 14.4. The van der Waals surface area contributed by atoms with Crippen LogP contribution in [0.3, 0.4) is 0 Å². The highest BCUT2D eigenvalue weighted by Gasteiger charge is 2.28. The molecule has 39 heavy (non-hydrogen) atoms. The SMILES string of the molecule is COc1ccc(OC)c(NS(=O)(=O)c2ccc(NC(=O)c3cc(S(=O)(=O)N4CCOCC4)ccc3Cl)cc2)c1. The largest absolute Gasteiger partial charge is 0.497 e. The highest BCUT2D eigenvalue weighted by molar-refractivity contribution is 7.92. The minimum atomic E-state index is -4.01. The van der Waals surface area contributed by atoms with Crippen LogP contribution in [0.25, 0.3) is 0 Å². The number of halogens is 1. The van der Waals surface area contributed by atoms with E-state index in [9.17, 15) is 21.6 Å². The highest BCUT2D eigenvalue weighted by atomic mass is 35.5. The van der Waals surface area contributed by atoms with Gasteiger partial charge in [-0.25, -0.2) is 16.8 Å². The number of nitrogens with one attached hydrogen (secondary N) is 2. The summed E-state index contributed by atoms with van der Waals surface area (Å²) in [6, 6.07) is 14.0. The van der Waals surface area contributed by atoms with Crippen LogP contribution in [0.2, 0.25) is 5.02 Å². The molecule has 0 atom stereocenters. The molecule has 2 N–H and O–H groups in total. The van der Waals surface area contributed by atoms with Gasteiger partial charge in [-0.15, -0.1) is 0 Å². The molecule has 208 valence electrons. The third-order valence-electron chi connectivity index (χ3n) is 5.86. The van der Waals surface area contributed by atoms with E-state index in [-0.39, 0.29) is 58.1 Å². The molecule has 0 bridgehead atoms. The number of hydrogen-bond acceptors (Lipinski definition) is 8. The first kappa shape index (κ1) is 28.6. The summed E-state index contributed by atoms with van der Waals surface area (Å²) < 4.78 is 71.2. The molecule has 0 aliphatic carbocycles. The van der Waals surface area contributed by atoms with Gasteiger partial charge in [-0.05, 0) is 54.6 Å². The number of sulfonamides is 2. The zero-order valence-corrected chi connectivity index (χ0v) is 23.4. The van der Waals surface area contributed by atoms with Gasteiger partial charge < -0.3 is 19.5 Å². The first-order valence-corrected chi connectivity index (χ1v) is 14.9. The van der Waals surface area contributed by atoms with Crippen molar-refractivity contribution in [2.45, 2.75) is 9.79 Å². The van der Waals surface area contributed by atoms with E-state index < -0.39 is 26.0 Å². The molecule has 0 radical (unpaired) electrons. The summed E-state index contributed by atoms with van der Waals surface area (Å²) in [6.07, 6.45) is 0. The number of morpholine rings is 1. The van der Waals surface area contributed by atoms with Crippen LogP contribution in [0.1, 0.15) is 10.4 Å². The topological polar surface area (TPSA) is 140 Å². The fourth-order valence-electron chi connectivity index (χ4n) is 3.79. The maximum atomic E-state index is 13.0. The Morgan fingerprint density at radius 2 is 1.56 bits per heavy atom. The average Bonchev–Trinajstić information content (AvgIpc) is 2.93. The van der Waals surface area contributed by atoms with Gasteiger partial charge in [0.2, 0.25) is 10.0 Å². The van der Waals surface area contributed by atoms with Crippen molar-refractivity contribution in [3.8, 4) is 11.5 Å². The van der Waals surface area contributed by atoms with Crippen LogP contribution in [0.5, 0.6) is 11.5 Å². The molecule has 4 rings (SSSR count). The molecule has 0 spiro atoms. The van der Waals surface area contributed by atoms with Gasteiger partial charge in [0.15, 0.2) is 0 Å². The lowest BCUT2D eigenvalue weighted by Gasteiger charge is -2.26. The molecule has 1 fully saturated rings. The summed E-state index contributed by atoms with van der Waals surface area (Å²) in [5.74, 6) is 0.0823. The number of carbonyl (C=O) groups excluding carboxylic acids is 1. The van der Waals surface area contributed by atoms with Crippen molar-refractivity contribution in [3.05, 3.63) is 71.2 Å². The molecule has 0 aromatic heterocycles. The third kappa shape index (κ3) is 6.45. The van der Waals surface area contributed by atoms with E-state index in [1.807, 2.05) is 0 Å². The van der Waals surface area contributed by atoms with Gasteiger partial charge in [-0.1, -0.05) is 11.6 Å². The number of methoxy groups -OCH3 is 2. The van der Waals surface area contributed by atoms with Crippen LogP contribution in [0.15, 0.2) is 70.5 Å². The molecule has 1 aliphatic rings. The van der Waals surface area contributed by atoms with Crippen molar-refractivity contribution in [3.63, 3.8) is 0 Å². The zero-order chi connectivity index (χ0) is 28.2. The second kappa shape index (κ2) is 11.8.